The Morgan fingerprint density at radius 3 is 1.92 bits per heavy atom. The van der Waals surface area contributed by atoms with Crippen LogP contribution in [0.15, 0.2) is 60.7 Å². The summed E-state index contributed by atoms with van der Waals surface area (Å²) in [5, 5.41) is 13.1. The van der Waals surface area contributed by atoms with E-state index in [-0.39, 0.29) is 31.2 Å². The van der Waals surface area contributed by atoms with Crippen molar-refractivity contribution in [3.8, 4) is 0 Å². The molecule has 6 heteroatoms. The van der Waals surface area contributed by atoms with Crippen LogP contribution in [-0.2, 0) is 14.2 Å². The summed E-state index contributed by atoms with van der Waals surface area (Å²) < 4.78 is 13.7. The highest BCUT2D eigenvalue weighted by molar-refractivity contribution is 7.78. The highest BCUT2D eigenvalue weighted by Crippen LogP contribution is 2.42. The lowest BCUT2D eigenvalue weighted by Gasteiger charge is -2.20. The fraction of sp³-hybridized carbons (Fsp3) is 0.300. The fourth-order valence-electron chi connectivity index (χ4n) is 2.86. The molecule has 1 unspecified atom stereocenters. The van der Waals surface area contributed by atoms with Gasteiger partial charge in [-0.15, -0.1) is 0 Å². The van der Waals surface area contributed by atoms with E-state index in [4.69, 9.17) is 5.11 Å². The van der Waals surface area contributed by atoms with Crippen LogP contribution < -0.4 is 15.9 Å². The zero-order valence-electron chi connectivity index (χ0n) is 14.8. The van der Waals surface area contributed by atoms with Gasteiger partial charge in [-0.3, -0.25) is 9.59 Å². The smallest absolute Gasteiger partial charge is 0.303 e. The van der Waals surface area contributed by atoms with Gasteiger partial charge in [0.25, 0.3) is 0 Å². The van der Waals surface area contributed by atoms with Crippen molar-refractivity contribution >= 4 is 29.6 Å². The molecule has 0 fully saturated rings. The predicted octanol–water partition coefficient (Wildman–Crippen LogP) is 2.62. The number of carbonyl (C=O) groups is 2. The largest absolute Gasteiger partial charge is 0.481 e. The Morgan fingerprint density at radius 2 is 1.46 bits per heavy atom. The van der Waals surface area contributed by atoms with E-state index < -0.39 is 13.1 Å². The Bertz CT molecular complexity index is 733. The molecule has 0 saturated heterocycles. The summed E-state index contributed by atoms with van der Waals surface area (Å²) in [5.74, 6) is -1.36. The standard InChI is InChI=1S/C20H24NO4P/c1-16(15-20(23)24)14-19(22)21-12-13-26(25,17-8-4-2-5-9-17)18-10-6-3-7-11-18/h2-11,16H,12-15H2,1H3,(H,21,22)(H,23,24). The summed E-state index contributed by atoms with van der Waals surface area (Å²) in [4.78, 5) is 22.7. The van der Waals surface area contributed by atoms with Gasteiger partial charge in [-0.05, 0) is 5.92 Å². The minimum Gasteiger partial charge on any atom is -0.481 e. The van der Waals surface area contributed by atoms with Crippen LogP contribution >= 0.6 is 7.14 Å². The van der Waals surface area contributed by atoms with Gasteiger partial charge < -0.3 is 15.0 Å². The predicted molar refractivity (Wildman–Crippen MR) is 104 cm³/mol. The van der Waals surface area contributed by atoms with Crippen molar-refractivity contribution in [2.24, 2.45) is 5.92 Å². The van der Waals surface area contributed by atoms with Crippen LogP contribution in [0.25, 0.3) is 0 Å². The lowest BCUT2D eigenvalue weighted by molar-refractivity contribution is -0.138. The third kappa shape index (κ3) is 5.57. The lowest BCUT2D eigenvalue weighted by atomic mass is 10.0. The number of benzene rings is 2. The number of hydrogen-bond donors (Lipinski definition) is 2. The first-order valence-corrected chi connectivity index (χ1v) is 10.5. The second kappa shape index (κ2) is 9.35. The van der Waals surface area contributed by atoms with E-state index in [0.717, 1.165) is 10.6 Å². The lowest BCUT2D eigenvalue weighted by Crippen LogP contribution is -2.31. The van der Waals surface area contributed by atoms with E-state index in [2.05, 4.69) is 5.32 Å². The van der Waals surface area contributed by atoms with Crippen molar-refractivity contribution < 1.29 is 19.3 Å². The number of carboxylic acid groups (broad SMARTS) is 1. The van der Waals surface area contributed by atoms with E-state index in [9.17, 15) is 14.2 Å². The van der Waals surface area contributed by atoms with Gasteiger partial charge in [0, 0.05) is 36.2 Å². The van der Waals surface area contributed by atoms with Crippen molar-refractivity contribution in [1.82, 2.24) is 5.32 Å². The van der Waals surface area contributed by atoms with Crippen molar-refractivity contribution in [3.05, 3.63) is 60.7 Å². The van der Waals surface area contributed by atoms with Gasteiger partial charge in [-0.1, -0.05) is 67.6 Å². The third-order valence-electron chi connectivity index (χ3n) is 4.15. The van der Waals surface area contributed by atoms with E-state index in [1.807, 2.05) is 60.7 Å². The molecule has 138 valence electrons. The Hall–Kier alpha value is -2.39. The molecule has 2 rings (SSSR count). The summed E-state index contributed by atoms with van der Waals surface area (Å²) in [7, 11) is -2.85. The van der Waals surface area contributed by atoms with Gasteiger partial charge >= 0.3 is 5.97 Å². The van der Waals surface area contributed by atoms with Gasteiger partial charge in [-0.25, -0.2) is 0 Å². The van der Waals surface area contributed by atoms with Crippen molar-refractivity contribution in [3.63, 3.8) is 0 Å². The number of nitrogens with one attached hydrogen (secondary N) is 1. The van der Waals surface area contributed by atoms with Crippen LogP contribution in [-0.4, -0.2) is 29.7 Å². The Balaban J connectivity index is 2.04. The average Bonchev–Trinajstić information content (AvgIpc) is 2.62. The summed E-state index contributed by atoms with van der Waals surface area (Å²) in [5.41, 5.74) is 0. The molecule has 5 nitrogen and oxygen atoms in total. The Labute approximate surface area is 153 Å². The van der Waals surface area contributed by atoms with Crippen molar-refractivity contribution in [2.45, 2.75) is 19.8 Å². The second-order valence-electron chi connectivity index (χ2n) is 6.39. The number of carbonyl (C=O) groups excluding carboxylic acids is 1. The van der Waals surface area contributed by atoms with Crippen LogP contribution in [0, 0.1) is 5.92 Å². The SMILES string of the molecule is CC(CC(=O)O)CC(=O)NCCP(=O)(c1ccccc1)c1ccccc1. The number of hydrogen-bond acceptors (Lipinski definition) is 3. The number of amides is 1. The molecule has 2 aromatic rings. The van der Waals surface area contributed by atoms with Crippen LogP contribution in [0.1, 0.15) is 19.8 Å². The Kier molecular flexibility index (Phi) is 7.16. The highest BCUT2D eigenvalue weighted by atomic mass is 31.2. The molecule has 0 heterocycles. The summed E-state index contributed by atoms with van der Waals surface area (Å²) in [6, 6.07) is 18.6. The van der Waals surface area contributed by atoms with E-state index in [0.29, 0.717) is 6.16 Å². The zero-order valence-corrected chi connectivity index (χ0v) is 15.7. The molecule has 0 aliphatic rings. The molecular weight excluding hydrogens is 349 g/mol. The molecule has 2 N–H and O–H groups in total. The first-order valence-electron chi connectivity index (χ1n) is 8.60. The van der Waals surface area contributed by atoms with E-state index in [1.54, 1.807) is 6.92 Å². The number of aliphatic carboxylic acids is 1. The first-order chi connectivity index (χ1) is 12.4. The summed E-state index contributed by atoms with van der Waals surface area (Å²) in [6.07, 6.45) is 0.424. The van der Waals surface area contributed by atoms with Gasteiger partial charge in [0.1, 0.15) is 7.14 Å². The molecule has 26 heavy (non-hydrogen) atoms. The molecule has 1 amide bonds. The van der Waals surface area contributed by atoms with Crippen LogP contribution in [0.3, 0.4) is 0 Å². The van der Waals surface area contributed by atoms with Gasteiger partial charge in [-0.2, -0.15) is 0 Å². The highest BCUT2D eigenvalue weighted by Gasteiger charge is 2.26. The molecule has 0 aromatic heterocycles. The average molecular weight is 373 g/mol. The molecular formula is C20H24NO4P. The van der Waals surface area contributed by atoms with Crippen molar-refractivity contribution in [1.29, 1.82) is 0 Å². The molecule has 0 radical (unpaired) electrons. The van der Waals surface area contributed by atoms with Crippen LogP contribution in [0.2, 0.25) is 0 Å². The van der Waals surface area contributed by atoms with Crippen LogP contribution in [0.4, 0.5) is 0 Å². The van der Waals surface area contributed by atoms with Crippen LogP contribution in [0.5, 0.6) is 0 Å². The second-order valence-corrected chi connectivity index (χ2v) is 9.35. The minimum atomic E-state index is -2.85. The molecule has 0 aliphatic carbocycles. The Morgan fingerprint density at radius 1 is 0.962 bits per heavy atom. The van der Waals surface area contributed by atoms with Gasteiger partial charge in [0.15, 0.2) is 0 Å². The number of rotatable bonds is 9. The fourth-order valence-corrected chi connectivity index (χ4v) is 5.41. The van der Waals surface area contributed by atoms with E-state index in [1.165, 1.54) is 0 Å². The summed E-state index contributed by atoms with van der Waals surface area (Å²) >= 11 is 0. The first kappa shape index (κ1) is 19.9. The topological polar surface area (TPSA) is 83.5 Å². The third-order valence-corrected chi connectivity index (χ3v) is 7.27. The molecule has 0 bridgehead atoms. The summed E-state index contributed by atoms with van der Waals surface area (Å²) in [6.45, 7) is 2.01. The maximum absolute atomic E-state index is 13.7. The quantitative estimate of drug-likeness (QED) is 0.662. The number of carboxylic acids is 1. The maximum Gasteiger partial charge on any atom is 0.303 e. The molecule has 1 atom stereocenters. The molecule has 0 saturated carbocycles. The monoisotopic (exact) mass is 373 g/mol. The van der Waals surface area contributed by atoms with Crippen molar-refractivity contribution in [2.75, 3.05) is 12.7 Å². The van der Waals surface area contributed by atoms with Gasteiger partial charge in [0.05, 0.1) is 0 Å². The molecule has 2 aromatic carbocycles. The molecule has 0 spiro atoms. The molecule has 0 aliphatic heterocycles. The maximum atomic E-state index is 13.7. The van der Waals surface area contributed by atoms with E-state index >= 15 is 0 Å². The minimum absolute atomic E-state index is 0.0417. The van der Waals surface area contributed by atoms with Gasteiger partial charge in [0.2, 0.25) is 5.91 Å². The normalized spacial score (nSPS) is 12.3. The zero-order chi connectivity index (χ0) is 19.0.